The van der Waals surface area contributed by atoms with Crippen molar-refractivity contribution in [3.05, 3.63) is 48.7 Å². The molecule has 3 rings (SSSR count). The summed E-state index contributed by atoms with van der Waals surface area (Å²) in [5, 5.41) is 12.2. The molecule has 146 valence electrons. The molecule has 0 fully saturated rings. The van der Waals surface area contributed by atoms with E-state index >= 15 is 0 Å². The molecular formula is C20H23N5O2S. The Morgan fingerprint density at radius 2 is 2.00 bits per heavy atom. The lowest BCUT2D eigenvalue weighted by Crippen LogP contribution is -2.33. The maximum absolute atomic E-state index is 12.2. The number of methoxy groups -OCH3 is 1. The first-order valence-corrected chi connectivity index (χ1v) is 10.0. The Morgan fingerprint density at radius 3 is 2.64 bits per heavy atom. The Morgan fingerprint density at radius 1 is 1.21 bits per heavy atom. The number of aromatic nitrogens is 4. The molecule has 8 heteroatoms. The number of nitrogens with zero attached hydrogens (tertiary/aromatic N) is 4. The van der Waals surface area contributed by atoms with Crippen LogP contribution in [0.4, 0.5) is 0 Å². The minimum atomic E-state index is -0.0250. The summed E-state index contributed by atoms with van der Waals surface area (Å²) in [5.74, 6) is 1.62. The highest BCUT2D eigenvalue weighted by Crippen LogP contribution is 2.27. The topological polar surface area (TPSA) is 81.9 Å². The molecule has 7 nitrogen and oxygen atoms in total. The second-order valence-corrected chi connectivity index (χ2v) is 7.16. The molecule has 0 radical (unpaired) electrons. The van der Waals surface area contributed by atoms with Crippen LogP contribution in [0.1, 0.15) is 20.3 Å². The molecule has 1 aromatic carbocycles. The average Bonchev–Trinajstić information content (AvgIpc) is 3.16. The quantitative estimate of drug-likeness (QED) is 0.587. The predicted molar refractivity (Wildman–Crippen MR) is 110 cm³/mol. The van der Waals surface area contributed by atoms with Gasteiger partial charge in [0.1, 0.15) is 11.4 Å². The number of carbonyl (C=O) groups excluding carboxylic acids is 1. The van der Waals surface area contributed by atoms with Gasteiger partial charge in [0.15, 0.2) is 11.0 Å². The summed E-state index contributed by atoms with van der Waals surface area (Å²) in [7, 11) is 1.63. The minimum Gasteiger partial charge on any atom is -0.497 e. The number of hydrogen-bond acceptors (Lipinski definition) is 6. The number of pyridine rings is 1. The van der Waals surface area contributed by atoms with E-state index in [1.54, 1.807) is 13.3 Å². The van der Waals surface area contributed by atoms with Gasteiger partial charge in [-0.1, -0.05) is 24.8 Å². The van der Waals surface area contributed by atoms with Crippen molar-refractivity contribution in [2.75, 3.05) is 12.9 Å². The fraction of sp³-hybridized carbons (Fsp3) is 0.300. The number of thioether (sulfide) groups is 1. The third kappa shape index (κ3) is 4.69. The van der Waals surface area contributed by atoms with E-state index in [0.717, 1.165) is 17.9 Å². The Balaban J connectivity index is 1.91. The number of hydrogen-bond donors (Lipinski definition) is 1. The standard InChI is InChI=1S/C20H23N5O2S/c1-4-14(2)22-18(26)13-28-20-24-23-19(17-7-5-6-12-21-17)25(20)15-8-10-16(27-3)11-9-15/h5-12,14H,4,13H2,1-3H3,(H,22,26)/t14-/m1/s1. The normalized spacial score (nSPS) is 11.8. The molecule has 0 aliphatic carbocycles. The Labute approximate surface area is 168 Å². The first-order chi connectivity index (χ1) is 13.6. The van der Waals surface area contributed by atoms with Crippen LogP contribution in [0.2, 0.25) is 0 Å². The van der Waals surface area contributed by atoms with Gasteiger partial charge in [0.2, 0.25) is 5.91 Å². The molecule has 0 unspecified atom stereocenters. The number of carbonyl (C=O) groups is 1. The third-order valence-corrected chi connectivity index (χ3v) is 5.14. The molecule has 2 heterocycles. The van der Waals surface area contributed by atoms with Gasteiger partial charge in [-0.2, -0.15) is 0 Å². The molecule has 0 aliphatic rings. The van der Waals surface area contributed by atoms with E-state index in [9.17, 15) is 4.79 Å². The molecule has 1 amide bonds. The van der Waals surface area contributed by atoms with E-state index in [2.05, 4.69) is 20.5 Å². The van der Waals surface area contributed by atoms with Crippen molar-refractivity contribution in [3.8, 4) is 23.0 Å². The summed E-state index contributed by atoms with van der Waals surface area (Å²) in [6, 6.07) is 13.4. The van der Waals surface area contributed by atoms with Crippen LogP contribution in [0.3, 0.4) is 0 Å². The fourth-order valence-corrected chi connectivity index (χ4v) is 3.30. The predicted octanol–water partition coefficient (Wildman–Crippen LogP) is 3.34. The van der Waals surface area contributed by atoms with Crippen LogP contribution in [0.5, 0.6) is 5.75 Å². The number of nitrogens with one attached hydrogen (secondary N) is 1. The van der Waals surface area contributed by atoms with E-state index in [4.69, 9.17) is 4.74 Å². The van der Waals surface area contributed by atoms with Crippen LogP contribution >= 0.6 is 11.8 Å². The van der Waals surface area contributed by atoms with Crippen molar-refractivity contribution in [1.82, 2.24) is 25.1 Å². The summed E-state index contributed by atoms with van der Waals surface area (Å²) >= 11 is 1.35. The summed E-state index contributed by atoms with van der Waals surface area (Å²) in [5.41, 5.74) is 1.58. The second-order valence-electron chi connectivity index (χ2n) is 6.22. The van der Waals surface area contributed by atoms with Crippen molar-refractivity contribution in [1.29, 1.82) is 0 Å². The van der Waals surface area contributed by atoms with Crippen LogP contribution in [0.25, 0.3) is 17.2 Å². The lowest BCUT2D eigenvalue weighted by molar-refractivity contribution is -0.119. The number of amides is 1. The molecule has 0 saturated heterocycles. The Bertz CT molecular complexity index is 912. The molecular weight excluding hydrogens is 374 g/mol. The molecule has 3 aromatic rings. The van der Waals surface area contributed by atoms with Gasteiger partial charge in [-0.05, 0) is 49.7 Å². The van der Waals surface area contributed by atoms with E-state index in [1.165, 1.54) is 11.8 Å². The average molecular weight is 398 g/mol. The molecule has 0 aliphatic heterocycles. The highest BCUT2D eigenvalue weighted by Gasteiger charge is 2.18. The minimum absolute atomic E-state index is 0.0250. The monoisotopic (exact) mass is 397 g/mol. The molecule has 2 aromatic heterocycles. The largest absolute Gasteiger partial charge is 0.497 e. The smallest absolute Gasteiger partial charge is 0.230 e. The molecule has 28 heavy (non-hydrogen) atoms. The zero-order valence-corrected chi connectivity index (χ0v) is 16.9. The summed E-state index contributed by atoms with van der Waals surface area (Å²) in [6.45, 7) is 4.03. The Kier molecular flexibility index (Phi) is 6.65. The van der Waals surface area contributed by atoms with Gasteiger partial charge in [0.25, 0.3) is 0 Å². The van der Waals surface area contributed by atoms with Crippen LogP contribution < -0.4 is 10.1 Å². The molecule has 1 N–H and O–H groups in total. The van der Waals surface area contributed by atoms with Gasteiger partial charge in [0, 0.05) is 12.2 Å². The van der Waals surface area contributed by atoms with Crippen molar-refractivity contribution in [3.63, 3.8) is 0 Å². The van der Waals surface area contributed by atoms with Crippen LogP contribution in [0.15, 0.2) is 53.8 Å². The summed E-state index contributed by atoms with van der Waals surface area (Å²) < 4.78 is 7.15. The lowest BCUT2D eigenvalue weighted by Gasteiger charge is -2.12. The lowest BCUT2D eigenvalue weighted by atomic mass is 10.3. The number of ether oxygens (including phenoxy) is 1. The van der Waals surface area contributed by atoms with Crippen LogP contribution in [-0.2, 0) is 4.79 Å². The van der Waals surface area contributed by atoms with Gasteiger partial charge < -0.3 is 10.1 Å². The molecule has 0 spiro atoms. The number of benzene rings is 1. The second kappa shape index (κ2) is 9.36. The van der Waals surface area contributed by atoms with Gasteiger partial charge in [0.05, 0.1) is 18.6 Å². The van der Waals surface area contributed by atoms with Gasteiger partial charge in [-0.3, -0.25) is 14.3 Å². The fourth-order valence-electron chi connectivity index (χ4n) is 2.54. The van der Waals surface area contributed by atoms with E-state index in [1.807, 2.05) is 60.9 Å². The van der Waals surface area contributed by atoms with E-state index < -0.39 is 0 Å². The van der Waals surface area contributed by atoms with Crippen molar-refractivity contribution < 1.29 is 9.53 Å². The van der Waals surface area contributed by atoms with Gasteiger partial charge in [-0.15, -0.1) is 10.2 Å². The summed E-state index contributed by atoms with van der Waals surface area (Å²) in [6.07, 6.45) is 2.61. The van der Waals surface area contributed by atoms with Crippen LogP contribution in [-0.4, -0.2) is 44.6 Å². The maximum Gasteiger partial charge on any atom is 0.230 e. The molecule has 0 saturated carbocycles. The first kappa shape index (κ1) is 19.9. The molecule has 1 atom stereocenters. The van der Waals surface area contributed by atoms with E-state index in [0.29, 0.717) is 16.7 Å². The van der Waals surface area contributed by atoms with Gasteiger partial charge in [-0.25, -0.2) is 0 Å². The van der Waals surface area contributed by atoms with Crippen molar-refractivity contribution in [2.45, 2.75) is 31.5 Å². The van der Waals surface area contributed by atoms with Crippen molar-refractivity contribution >= 4 is 17.7 Å². The van der Waals surface area contributed by atoms with E-state index in [-0.39, 0.29) is 17.7 Å². The SMILES string of the molecule is CC[C@@H](C)NC(=O)CSc1nnc(-c2ccccn2)n1-c1ccc(OC)cc1. The third-order valence-electron chi connectivity index (χ3n) is 4.21. The molecule has 0 bridgehead atoms. The zero-order valence-electron chi connectivity index (χ0n) is 16.1. The van der Waals surface area contributed by atoms with Gasteiger partial charge >= 0.3 is 0 Å². The zero-order chi connectivity index (χ0) is 19.9. The highest BCUT2D eigenvalue weighted by atomic mass is 32.2. The summed E-state index contributed by atoms with van der Waals surface area (Å²) in [4.78, 5) is 16.6. The Hall–Kier alpha value is -2.87. The van der Waals surface area contributed by atoms with Crippen LogP contribution in [0, 0.1) is 0 Å². The van der Waals surface area contributed by atoms with Crippen molar-refractivity contribution in [2.24, 2.45) is 0 Å². The maximum atomic E-state index is 12.2. The highest BCUT2D eigenvalue weighted by molar-refractivity contribution is 7.99. The first-order valence-electron chi connectivity index (χ1n) is 9.05. The number of rotatable bonds is 8.